The molecule has 1 nitrogen and oxygen atoms in total. The summed E-state index contributed by atoms with van der Waals surface area (Å²) in [6.45, 7) is 5.53. The number of aliphatic hydroxyl groups is 1. The predicted molar refractivity (Wildman–Crippen MR) is 73.6 cm³/mol. The van der Waals surface area contributed by atoms with Crippen molar-refractivity contribution in [3.8, 4) is 11.8 Å². The molecule has 90 valence electrons. The summed E-state index contributed by atoms with van der Waals surface area (Å²) in [5, 5.41) is 9.49. The Bertz CT molecular complexity index is 421. The van der Waals surface area contributed by atoms with Crippen LogP contribution in [0.2, 0.25) is 0 Å². The largest absolute Gasteiger partial charge is 0.378 e. The fourth-order valence-electron chi connectivity index (χ4n) is 1.29. The Kier molecular flexibility index (Phi) is 5.00. The Balaban J connectivity index is 2.71. The lowest BCUT2D eigenvalue weighted by Crippen LogP contribution is -2.14. The molecule has 0 saturated heterocycles. The average molecular weight is 228 g/mol. The van der Waals surface area contributed by atoms with Crippen LogP contribution < -0.4 is 0 Å². The summed E-state index contributed by atoms with van der Waals surface area (Å²) in [5.41, 5.74) is 1.19. The normalized spacial score (nSPS) is 11.3. The monoisotopic (exact) mass is 228 g/mol. The molecule has 0 radical (unpaired) electrons. The lowest BCUT2D eigenvalue weighted by Gasteiger charge is -2.05. The predicted octanol–water partition coefficient (Wildman–Crippen LogP) is 3.62. The molecule has 1 N–H and O–H groups in total. The van der Waals surface area contributed by atoms with Gasteiger partial charge in [0.2, 0.25) is 0 Å². The molecule has 0 aliphatic carbocycles. The van der Waals surface area contributed by atoms with E-state index in [0.29, 0.717) is 0 Å². The number of hydrogen-bond acceptors (Lipinski definition) is 1. The molecule has 0 fully saturated rings. The summed E-state index contributed by atoms with van der Waals surface area (Å²) in [6.07, 6.45) is 6.58. The summed E-state index contributed by atoms with van der Waals surface area (Å²) >= 11 is 0. The van der Waals surface area contributed by atoms with E-state index in [2.05, 4.69) is 30.9 Å². The van der Waals surface area contributed by atoms with Gasteiger partial charge in [0.25, 0.3) is 0 Å². The van der Waals surface area contributed by atoms with Crippen LogP contribution in [0.4, 0.5) is 0 Å². The second-order valence-electron chi connectivity index (χ2n) is 4.62. The Morgan fingerprint density at radius 2 is 1.88 bits per heavy atom. The van der Waals surface area contributed by atoms with Gasteiger partial charge in [-0.1, -0.05) is 49.5 Å². The standard InChI is InChI=1S/C16H20O/c1-4-5-6-7-14-8-10-15(11-9-14)12-13-16(2,3)17/h6-11,17H,4-5H2,1-3H3/b7-6+. The van der Waals surface area contributed by atoms with E-state index in [1.165, 1.54) is 12.0 Å². The van der Waals surface area contributed by atoms with E-state index in [4.69, 9.17) is 0 Å². The van der Waals surface area contributed by atoms with Crippen LogP contribution in [0.1, 0.15) is 44.7 Å². The second kappa shape index (κ2) is 6.27. The van der Waals surface area contributed by atoms with E-state index >= 15 is 0 Å². The topological polar surface area (TPSA) is 20.2 Å². The fourth-order valence-corrected chi connectivity index (χ4v) is 1.29. The molecule has 1 aromatic carbocycles. The van der Waals surface area contributed by atoms with Gasteiger partial charge in [-0.2, -0.15) is 0 Å². The van der Waals surface area contributed by atoms with Gasteiger partial charge in [-0.25, -0.2) is 0 Å². The van der Waals surface area contributed by atoms with Crippen molar-refractivity contribution < 1.29 is 5.11 Å². The first-order valence-corrected chi connectivity index (χ1v) is 6.03. The van der Waals surface area contributed by atoms with Gasteiger partial charge in [0, 0.05) is 5.56 Å². The van der Waals surface area contributed by atoms with E-state index in [-0.39, 0.29) is 0 Å². The third kappa shape index (κ3) is 5.94. The van der Waals surface area contributed by atoms with Gasteiger partial charge in [0.05, 0.1) is 0 Å². The van der Waals surface area contributed by atoms with Crippen molar-refractivity contribution in [1.29, 1.82) is 0 Å². The second-order valence-corrected chi connectivity index (χ2v) is 4.62. The van der Waals surface area contributed by atoms with Crippen LogP contribution >= 0.6 is 0 Å². The fraction of sp³-hybridized carbons (Fsp3) is 0.375. The van der Waals surface area contributed by atoms with Crippen molar-refractivity contribution in [3.63, 3.8) is 0 Å². The molecule has 0 atom stereocenters. The molecule has 0 amide bonds. The zero-order chi connectivity index (χ0) is 12.7. The molecule has 1 heteroatoms. The van der Waals surface area contributed by atoms with Crippen molar-refractivity contribution in [2.24, 2.45) is 0 Å². The summed E-state index contributed by atoms with van der Waals surface area (Å²) in [7, 11) is 0. The lowest BCUT2D eigenvalue weighted by atomic mass is 10.1. The summed E-state index contributed by atoms with van der Waals surface area (Å²) in [5.74, 6) is 5.75. The minimum absolute atomic E-state index is 0.930. The van der Waals surface area contributed by atoms with Gasteiger partial charge in [-0.15, -0.1) is 0 Å². The molecule has 0 aromatic heterocycles. The molecule has 17 heavy (non-hydrogen) atoms. The first-order valence-electron chi connectivity index (χ1n) is 6.03. The highest BCUT2D eigenvalue weighted by atomic mass is 16.3. The highest BCUT2D eigenvalue weighted by Gasteiger charge is 2.05. The van der Waals surface area contributed by atoms with E-state index in [0.717, 1.165) is 12.0 Å². The molecule has 0 heterocycles. The molecule has 1 rings (SSSR count). The maximum Gasteiger partial charge on any atom is 0.120 e. The van der Waals surface area contributed by atoms with Gasteiger partial charge in [0.15, 0.2) is 0 Å². The van der Waals surface area contributed by atoms with E-state index in [1.54, 1.807) is 13.8 Å². The van der Waals surface area contributed by atoms with Crippen molar-refractivity contribution in [1.82, 2.24) is 0 Å². The maximum absolute atomic E-state index is 9.49. The molecule has 0 saturated carbocycles. The Hall–Kier alpha value is -1.52. The summed E-state index contributed by atoms with van der Waals surface area (Å²) in [6, 6.07) is 8.04. The third-order valence-corrected chi connectivity index (χ3v) is 2.19. The smallest absolute Gasteiger partial charge is 0.120 e. The SMILES string of the molecule is CCC/C=C/c1ccc(C#CC(C)(C)O)cc1. The highest BCUT2D eigenvalue weighted by Crippen LogP contribution is 2.07. The van der Waals surface area contributed by atoms with E-state index in [1.807, 2.05) is 24.3 Å². The van der Waals surface area contributed by atoms with Crippen LogP contribution in [-0.4, -0.2) is 10.7 Å². The zero-order valence-corrected chi connectivity index (χ0v) is 10.8. The molecule has 0 unspecified atom stereocenters. The molecular weight excluding hydrogens is 208 g/mol. The van der Waals surface area contributed by atoms with Crippen molar-refractivity contribution in [2.75, 3.05) is 0 Å². The number of unbranched alkanes of at least 4 members (excludes halogenated alkanes) is 1. The molecule has 0 spiro atoms. The number of allylic oxidation sites excluding steroid dienone is 1. The third-order valence-electron chi connectivity index (χ3n) is 2.19. The number of benzene rings is 1. The quantitative estimate of drug-likeness (QED) is 0.783. The summed E-state index contributed by atoms with van der Waals surface area (Å²) < 4.78 is 0. The number of hydrogen-bond donors (Lipinski definition) is 1. The zero-order valence-electron chi connectivity index (χ0n) is 10.8. The molecule has 0 aliphatic rings. The lowest BCUT2D eigenvalue weighted by molar-refractivity contribution is 0.143. The number of rotatable bonds is 3. The van der Waals surface area contributed by atoms with Gasteiger partial charge < -0.3 is 5.11 Å². The van der Waals surface area contributed by atoms with Crippen LogP contribution in [0, 0.1) is 11.8 Å². The average Bonchev–Trinajstić information content (AvgIpc) is 2.27. The Morgan fingerprint density at radius 1 is 1.24 bits per heavy atom. The van der Waals surface area contributed by atoms with Gasteiger partial charge in [-0.05, 0) is 38.0 Å². The van der Waals surface area contributed by atoms with Crippen LogP contribution in [0.3, 0.4) is 0 Å². The van der Waals surface area contributed by atoms with Crippen LogP contribution in [0.25, 0.3) is 6.08 Å². The van der Waals surface area contributed by atoms with Crippen molar-refractivity contribution >= 4 is 6.08 Å². The first kappa shape index (κ1) is 13.5. The Morgan fingerprint density at radius 3 is 2.41 bits per heavy atom. The minimum atomic E-state index is -0.931. The molecule has 1 aromatic rings. The Labute approximate surface area is 104 Å². The van der Waals surface area contributed by atoms with Gasteiger partial charge >= 0.3 is 0 Å². The van der Waals surface area contributed by atoms with Crippen LogP contribution in [-0.2, 0) is 0 Å². The van der Waals surface area contributed by atoms with Crippen LogP contribution in [0.5, 0.6) is 0 Å². The van der Waals surface area contributed by atoms with Gasteiger partial charge in [-0.3, -0.25) is 0 Å². The van der Waals surface area contributed by atoms with E-state index < -0.39 is 5.60 Å². The molecular formula is C16H20O. The summed E-state index contributed by atoms with van der Waals surface area (Å²) in [4.78, 5) is 0. The minimum Gasteiger partial charge on any atom is -0.378 e. The maximum atomic E-state index is 9.49. The van der Waals surface area contributed by atoms with E-state index in [9.17, 15) is 5.11 Å². The van der Waals surface area contributed by atoms with Gasteiger partial charge in [0.1, 0.15) is 5.60 Å². The van der Waals surface area contributed by atoms with Crippen molar-refractivity contribution in [3.05, 3.63) is 41.5 Å². The highest BCUT2D eigenvalue weighted by molar-refractivity contribution is 5.51. The molecule has 0 aliphatic heterocycles. The van der Waals surface area contributed by atoms with Crippen molar-refractivity contribution in [2.45, 2.75) is 39.2 Å². The first-order chi connectivity index (χ1) is 8.01. The van der Waals surface area contributed by atoms with Crippen LogP contribution in [0.15, 0.2) is 30.3 Å². The molecule has 0 bridgehead atoms.